The van der Waals surface area contributed by atoms with Crippen molar-refractivity contribution in [3.8, 4) is 11.5 Å². The van der Waals surface area contributed by atoms with Crippen LogP contribution >= 0.6 is 0 Å². The normalized spacial score (nSPS) is 10.3. The number of amides is 1. The summed E-state index contributed by atoms with van der Waals surface area (Å²) in [6.45, 7) is 2.81. The molecule has 0 heterocycles. The molecule has 0 saturated carbocycles. The molecule has 0 spiro atoms. The number of ether oxygens (including phenoxy) is 2. The van der Waals surface area contributed by atoms with Crippen LogP contribution in [0.1, 0.15) is 15.9 Å². The number of hydrogen-bond acceptors (Lipinski definition) is 4. The molecule has 2 rings (SSSR count). The van der Waals surface area contributed by atoms with Gasteiger partial charge in [-0.25, -0.2) is 0 Å². The molecule has 2 aromatic rings. The number of aryl methyl sites for hydroxylation is 1. The van der Waals surface area contributed by atoms with E-state index in [1.54, 1.807) is 13.2 Å². The van der Waals surface area contributed by atoms with Crippen molar-refractivity contribution in [1.29, 1.82) is 0 Å². The first-order chi connectivity index (χ1) is 10.6. The summed E-state index contributed by atoms with van der Waals surface area (Å²) in [5.74, 6) is -0.00856. The summed E-state index contributed by atoms with van der Waals surface area (Å²) >= 11 is 0. The van der Waals surface area contributed by atoms with Gasteiger partial charge in [0.15, 0.2) is 0 Å². The molecule has 0 aliphatic heterocycles. The van der Waals surface area contributed by atoms with Crippen LogP contribution in [0.5, 0.6) is 11.5 Å². The van der Waals surface area contributed by atoms with Gasteiger partial charge in [-0.3, -0.25) is 4.79 Å². The van der Waals surface area contributed by atoms with Gasteiger partial charge < -0.3 is 19.9 Å². The molecule has 0 unspecified atom stereocenters. The van der Waals surface area contributed by atoms with Gasteiger partial charge in [0.2, 0.25) is 0 Å². The molecule has 0 aliphatic rings. The minimum Gasteiger partial charge on any atom is -0.507 e. The van der Waals surface area contributed by atoms with Crippen molar-refractivity contribution >= 4 is 11.6 Å². The van der Waals surface area contributed by atoms with E-state index in [4.69, 9.17) is 9.47 Å². The van der Waals surface area contributed by atoms with Gasteiger partial charge in [0.1, 0.15) is 18.1 Å². The number of anilines is 1. The highest BCUT2D eigenvalue weighted by atomic mass is 16.5. The van der Waals surface area contributed by atoms with Gasteiger partial charge in [0, 0.05) is 18.9 Å². The molecule has 5 heteroatoms. The molecule has 1 amide bonds. The first-order valence-electron chi connectivity index (χ1n) is 6.93. The van der Waals surface area contributed by atoms with Crippen molar-refractivity contribution in [3.63, 3.8) is 0 Å². The summed E-state index contributed by atoms with van der Waals surface area (Å²) in [5.41, 5.74) is 1.98. The minimum atomic E-state index is -0.371. The average molecular weight is 301 g/mol. The Morgan fingerprint density at radius 1 is 1.14 bits per heavy atom. The van der Waals surface area contributed by atoms with Crippen LogP contribution in [-0.4, -0.2) is 31.3 Å². The highest BCUT2D eigenvalue weighted by Gasteiger charge is 2.12. The monoisotopic (exact) mass is 301 g/mol. The van der Waals surface area contributed by atoms with Crippen LogP contribution in [0.15, 0.2) is 42.5 Å². The second-order valence-electron chi connectivity index (χ2n) is 4.84. The second-order valence-corrected chi connectivity index (χ2v) is 4.84. The topological polar surface area (TPSA) is 67.8 Å². The average Bonchev–Trinajstić information content (AvgIpc) is 2.50. The molecule has 22 heavy (non-hydrogen) atoms. The third-order valence-corrected chi connectivity index (χ3v) is 3.08. The Balaban J connectivity index is 2.04. The number of hydrogen-bond donors (Lipinski definition) is 2. The summed E-state index contributed by atoms with van der Waals surface area (Å²) in [6, 6.07) is 12.0. The van der Waals surface area contributed by atoms with E-state index in [2.05, 4.69) is 5.32 Å². The number of nitrogens with one attached hydrogen (secondary N) is 1. The maximum absolute atomic E-state index is 12.2. The highest BCUT2D eigenvalue weighted by Crippen LogP contribution is 2.24. The Morgan fingerprint density at radius 3 is 2.50 bits per heavy atom. The van der Waals surface area contributed by atoms with Crippen LogP contribution in [0.4, 0.5) is 5.69 Å². The van der Waals surface area contributed by atoms with Gasteiger partial charge in [-0.2, -0.15) is 0 Å². The molecule has 2 aromatic carbocycles. The lowest BCUT2D eigenvalue weighted by Crippen LogP contribution is -2.12. The summed E-state index contributed by atoms with van der Waals surface area (Å²) < 4.78 is 10.3. The minimum absolute atomic E-state index is 0.125. The lowest BCUT2D eigenvalue weighted by molar-refractivity contribution is 0.102. The number of carbonyl (C=O) groups is 1. The van der Waals surface area contributed by atoms with Crippen molar-refractivity contribution in [2.24, 2.45) is 0 Å². The number of aromatic hydroxyl groups is 1. The zero-order valence-electron chi connectivity index (χ0n) is 12.6. The SMILES string of the molecule is COCCOc1ccc(C(=O)Nc2ccc(C)cc2)c(O)c1. The Morgan fingerprint density at radius 2 is 1.86 bits per heavy atom. The zero-order chi connectivity index (χ0) is 15.9. The Bertz CT molecular complexity index is 638. The van der Waals surface area contributed by atoms with E-state index >= 15 is 0 Å². The van der Waals surface area contributed by atoms with Crippen LogP contribution in [0.2, 0.25) is 0 Å². The lowest BCUT2D eigenvalue weighted by Gasteiger charge is -2.10. The fraction of sp³-hybridized carbons (Fsp3) is 0.235. The number of methoxy groups -OCH3 is 1. The first kappa shape index (κ1) is 15.9. The number of carbonyl (C=O) groups excluding carboxylic acids is 1. The smallest absolute Gasteiger partial charge is 0.259 e. The summed E-state index contributed by atoms with van der Waals surface area (Å²) in [7, 11) is 1.58. The van der Waals surface area contributed by atoms with Crippen molar-refractivity contribution in [2.45, 2.75) is 6.92 Å². The van der Waals surface area contributed by atoms with Gasteiger partial charge in [-0.05, 0) is 31.2 Å². The van der Waals surface area contributed by atoms with Crippen molar-refractivity contribution in [3.05, 3.63) is 53.6 Å². The van der Waals surface area contributed by atoms with Gasteiger partial charge >= 0.3 is 0 Å². The van der Waals surface area contributed by atoms with E-state index < -0.39 is 0 Å². The second kappa shape index (κ2) is 7.47. The zero-order valence-corrected chi connectivity index (χ0v) is 12.6. The van der Waals surface area contributed by atoms with E-state index in [9.17, 15) is 9.90 Å². The fourth-order valence-corrected chi connectivity index (χ4v) is 1.87. The summed E-state index contributed by atoms with van der Waals surface area (Å²) in [4.78, 5) is 12.2. The Kier molecular flexibility index (Phi) is 5.38. The predicted octanol–water partition coefficient (Wildman–Crippen LogP) is 2.98. The van der Waals surface area contributed by atoms with Crippen LogP contribution in [0.25, 0.3) is 0 Å². The lowest BCUT2D eigenvalue weighted by atomic mass is 10.1. The molecule has 0 aromatic heterocycles. The van der Waals surface area contributed by atoms with E-state index in [-0.39, 0.29) is 17.2 Å². The van der Waals surface area contributed by atoms with Crippen LogP contribution in [0.3, 0.4) is 0 Å². The first-order valence-corrected chi connectivity index (χ1v) is 6.93. The number of phenols is 1. The molecule has 0 aliphatic carbocycles. The molecular formula is C17H19NO4. The Hall–Kier alpha value is -2.53. The summed E-state index contributed by atoms with van der Waals surface area (Å²) in [6.07, 6.45) is 0. The van der Waals surface area contributed by atoms with Gasteiger partial charge in [-0.15, -0.1) is 0 Å². The molecule has 0 saturated heterocycles. The molecule has 116 valence electrons. The number of phenolic OH excluding ortho intramolecular Hbond substituents is 1. The van der Waals surface area contributed by atoms with E-state index in [0.717, 1.165) is 5.56 Å². The van der Waals surface area contributed by atoms with E-state index in [1.165, 1.54) is 12.1 Å². The number of rotatable bonds is 6. The third kappa shape index (κ3) is 4.23. The highest BCUT2D eigenvalue weighted by molar-refractivity contribution is 6.06. The molecule has 0 bridgehead atoms. The van der Waals surface area contributed by atoms with Crippen LogP contribution < -0.4 is 10.1 Å². The van der Waals surface area contributed by atoms with Crippen molar-refractivity contribution in [1.82, 2.24) is 0 Å². The maximum atomic E-state index is 12.2. The molecule has 0 radical (unpaired) electrons. The number of benzene rings is 2. The predicted molar refractivity (Wildman–Crippen MR) is 84.6 cm³/mol. The maximum Gasteiger partial charge on any atom is 0.259 e. The van der Waals surface area contributed by atoms with Crippen molar-refractivity contribution < 1.29 is 19.4 Å². The third-order valence-electron chi connectivity index (χ3n) is 3.08. The van der Waals surface area contributed by atoms with E-state index in [0.29, 0.717) is 24.7 Å². The van der Waals surface area contributed by atoms with Crippen molar-refractivity contribution in [2.75, 3.05) is 25.6 Å². The van der Waals surface area contributed by atoms with Gasteiger partial charge in [0.25, 0.3) is 5.91 Å². The molecular weight excluding hydrogens is 282 g/mol. The van der Waals surface area contributed by atoms with Gasteiger partial charge in [0.05, 0.1) is 12.2 Å². The molecule has 2 N–H and O–H groups in total. The van der Waals surface area contributed by atoms with Crippen LogP contribution in [-0.2, 0) is 4.74 Å². The molecule has 0 atom stereocenters. The largest absolute Gasteiger partial charge is 0.507 e. The summed E-state index contributed by atoms with van der Waals surface area (Å²) in [5, 5.41) is 12.7. The van der Waals surface area contributed by atoms with Crippen LogP contribution in [0, 0.1) is 6.92 Å². The molecule has 5 nitrogen and oxygen atoms in total. The van der Waals surface area contributed by atoms with Gasteiger partial charge in [-0.1, -0.05) is 17.7 Å². The molecule has 0 fully saturated rings. The van der Waals surface area contributed by atoms with E-state index in [1.807, 2.05) is 31.2 Å². The quantitative estimate of drug-likeness (QED) is 0.805. The fourth-order valence-electron chi connectivity index (χ4n) is 1.87. The Labute approximate surface area is 129 Å². The standard InChI is InChI=1S/C17H19NO4/c1-12-3-5-13(6-4-12)18-17(20)15-8-7-14(11-16(15)19)22-10-9-21-2/h3-8,11,19H,9-10H2,1-2H3,(H,18,20).